The van der Waals surface area contributed by atoms with Crippen LogP contribution >= 0.6 is 0 Å². The summed E-state index contributed by atoms with van der Waals surface area (Å²) < 4.78 is 41.2. The molecule has 7 nitrogen and oxygen atoms in total. The Balaban J connectivity index is 1.92. The van der Waals surface area contributed by atoms with Crippen molar-refractivity contribution in [3.8, 4) is 17.6 Å². The van der Waals surface area contributed by atoms with Crippen LogP contribution in [0.4, 0.5) is 13.2 Å². The quantitative estimate of drug-likeness (QED) is 0.620. The van der Waals surface area contributed by atoms with E-state index in [-0.39, 0.29) is 11.1 Å². The summed E-state index contributed by atoms with van der Waals surface area (Å²) in [5, 5.41) is 29.4. The number of rotatable bonds is 5. The zero-order valence-electron chi connectivity index (χ0n) is 15.4. The molecule has 0 bridgehead atoms. The molecule has 2 N–H and O–H groups in total. The average molecular weight is 416 g/mol. The highest BCUT2D eigenvalue weighted by Gasteiger charge is 2.33. The van der Waals surface area contributed by atoms with Crippen molar-refractivity contribution in [2.24, 2.45) is 0 Å². The SMILES string of the molecule is O=C(O)c1ccc(C#Cc2ccc(O)cc2C(F)(F)F)c(CCCn2cnnn2)c1. The van der Waals surface area contributed by atoms with Crippen molar-refractivity contribution in [3.63, 3.8) is 0 Å². The second-order valence-corrected chi connectivity index (χ2v) is 6.33. The molecular formula is C20H15F3N4O3. The molecule has 0 saturated carbocycles. The first-order valence-corrected chi connectivity index (χ1v) is 8.73. The van der Waals surface area contributed by atoms with Gasteiger partial charge in [0, 0.05) is 17.7 Å². The molecule has 3 aromatic rings. The van der Waals surface area contributed by atoms with Crippen LogP contribution in [0.3, 0.4) is 0 Å². The highest BCUT2D eigenvalue weighted by Crippen LogP contribution is 2.33. The van der Waals surface area contributed by atoms with Crippen LogP contribution in [0.5, 0.6) is 5.75 Å². The summed E-state index contributed by atoms with van der Waals surface area (Å²) in [7, 11) is 0. The fourth-order valence-electron chi connectivity index (χ4n) is 2.78. The number of carboxylic acids is 1. The summed E-state index contributed by atoms with van der Waals surface area (Å²) in [6, 6.07) is 7.10. The van der Waals surface area contributed by atoms with Crippen LogP contribution in [0.25, 0.3) is 0 Å². The van der Waals surface area contributed by atoms with Gasteiger partial charge in [0.2, 0.25) is 0 Å². The summed E-state index contributed by atoms with van der Waals surface area (Å²) in [6.07, 6.45) is -2.25. The molecule has 0 aliphatic carbocycles. The van der Waals surface area contributed by atoms with Crippen molar-refractivity contribution in [1.29, 1.82) is 0 Å². The molecule has 30 heavy (non-hydrogen) atoms. The molecule has 0 aliphatic rings. The summed E-state index contributed by atoms with van der Waals surface area (Å²) in [5.74, 6) is 3.56. The number of carboxylic acid groups (broad SMARTS) is 1. The Hall–Kier alpha value is -3.87. The molecule has 0 radical (unpaired) electrons. The summed E-state index contributed by atoms with van der Waals surface area (Å²) in [6.45, 7) is 0.480. The lowest BCUT2D eigenvalue weighted by molar-refractivity contribution is -0.137. The smallest absolute Gasteiger partial charge is 0.417 e. The number of hydrogen-bond acceptors (Lipinski definition) is 5. The van der Waals surface area contributed by atoms with Crippen LogP contribution < -0.4 is 0 Å². The third-order valence-electron chi connectivity index (χ3n) is 4.22. The van der Waals surface area contributed by atoms with Gasteiger partial charge in [-0.15, -0.1) is 5.10 Å². The Morgan fingerprint density at radius 3 is 2.50 bits per heavy atom. The molecule has 0 fully saturated rings. The summed E-state index contributed by atoms with van der Waals surface area (Å²) in [5.41, 5.74) is -0.279. The zero-order valence-corrected chi connectivity index (χ0v) is 15.4. The number of aromatic hydroxyl groups is 1. The molecule has 0 atom stereocenters. The van der Waals surface area contributed by atoms with E-state index in [0.29, 0.717) is 36.6 Å². The van der Waals surface area contributed by atoms with Crippen LogP contribution in [-0.4, -0.2) is 36.4 Å². The van der Waals surface area contributed by atoms with Gasteiger partial charge in [-0.3, -0.25) is 0 Å². The van der Waals surface area contributed by atoms with Gasteiger partial charge < -0.3 is 10.2 Å². The zero-order chi connectivity index (χ0) is 21.7. The molecule has 1 heterocycles. The monoisotopic (exact) mass is 416 g/mol. The lowest BCUT2D eigenvalue weighted by atomic mass is 9.99. The molecule has 0 amide bonds. The van der Waals surface area contributed by atoms with E-state index in [0.717, 1.165) is 12.1 Å². The van der Waals surface area contributed by atoms with Gasteiger partial charge in [-0.05, 0) is 65.2 Å². The summed E-state index contributed by atoms with van der Waals surface area (Å²) >= 11 is 0. The molecule has 1 aromatic heterocycles. The van der Waals surface area contributed by atoms with Crippen LogP contribution in [0.1, 0.15) is 39.0 Å². The van der Waals surface area contributed by atoms with Crippen LogP contribution in [-0.2, 0) is 19.1 Å². The first-order chi connectivity index (χ1) is 14.2. The number of carbonyl (C=O) groups is 1. The number of phenolic OH excluding ortho intramolecular Hbond substituents is 1. The van der Waals surface area contributed by atoms with Gasteiger partial charge in [-0.25, -0.2) is 9.48 Å². The molecule has 3 rings (SSSR count). The van der Waals surface area contributed by atoms with Crippen molar-refractivity contribution >= 4 is 5.97 Å². The van der Waals surface area contributed by atoms with Gasteiger partial charge in [-0.2, -0.15) is 13.2 Å². The predicted molar refractivity (Wildman–Crippen MR) is 98.6 cm³/mol. The fraction of sp³-hybridized carbons (Fsp3) is 0.200. The maximum Gasteiger partial charge on any atom is 0.417 e. The molecular weight excluding hydrogens is 401 g/mol. The molecule has 0 saturated heterocycles. The molecule has 0 aliphatic heterocycles. The molecule has 0 spiro atoms. The highest BCUT2D eigenvalue weighted by molar-refractivity contribution is 5.88. The Morgan fingerprint density at radius 1 is 1.10 bits per heavy atom. The normalized spacial score (nSPS) is 11.0. The number of benzene rings is 2. The van der Waals surface area contributed by atoms with Crippen molar-refractivity contribution < 1.29 is 28.2 Å². The Morgan fingerprint density at radius 2 is 1.83 bits per heavy atom. The number of phenols is 1. The van der Waals surface area contributed by atoms with E-state index >= 15 is 0 Å². The van der Waals surface area contributed by atoms with Crippen molar-refractivity contribution in [1.82, 2.24) is 20.2 Å². The van der Waals surface area contributed by atoms with Gasteiger partial charge in [-0.1, -0.05) is 11.8 Å². The number of halogens is 3. The third-order valence-corrected chi connectivity index (χ3v) is 4.22. The van der Waals surface area contributed by atoms with Gasteiger partial charge in [0.25, 0.3) is 0 Å². The summed E-state index contributed by atoms with van der Waals surface area (Å²) in [4.78, 5) is 11.3. The molecule has 154 valence electrons. The van der Waals surface area contributed by atoms with Crippen molar-refractivity contribution in [2.75, 3.05) is 0 Å². The van der Waals surface area contributed by atoms with E-state index in [2.05, 4.69) is 27.4 Å². The minimum Gasteiger partial charge on any atom is -0.508 e. The van der Waals surface area contributed by atoms with Crippen LogP contribution in [0.2, 0.25) is 0 Å². The van der Waals surface area contributed by atoms with E-state index in [1.165, 1.54) is 29.2 Å². The number of nitrogens with zero attached hydrogens (tertiary/aromatic N) is 4. The minimum atomic E-state index is -4.68. The Kier molecular flexibility index (Phi) is 6.01. The second kappa shape index (κ2) is 8.65. The molecule has 0 unspecified atom stereocenters. The second-order valence-electron chi connectivity index (χ2n) is 6.33. The fourth-order valence-corrected chi connectivity index (χ4v) is 2.78. The van der Waals surface area contributed by atoms with Crippen molar-refractivity contribution in [2.45, 2.75) is 25.6 Å². The van der Waals surface area contributed by atoms with E-state index in [1.54, 1.807) is 0 Å². The van der Waals surface area contributed by atoms with E-state index < -0.39 is 23.5 Å². The standard InChI is InChI=1S/C20H15F3N4O3/c21-20(22,23)18-11-17(28)8-7-14(18)5-3-13-4-6-16(19(29)30)10-15(13)2-1-9-27-12-24-25-26-27/h4,6-8,10-12,28H,1-2,9H2,(H,29,30). The molecule has 10 heteroatoms. The van der Waals surface area contributed by atoms with Crippen molar-refractivity contribution in [3.05, 3.63) is 70.5 Å². The van der Waals surface area contributed by atoms with Gasteiger partial charge in [0.15, 0.2) is 0 Å². The lowest BCUT2D eigenvalue weighted by Crippen LogP contribution is -2.07. The van der Waals surface area contributed by atoms with Gasteiger partial charge >= 0.3 is 12.1 Å². The van der Waals surface area contributed by atoms with Gasteiger partial charge in [0.1, 0.15) is 12.1 Å². The van der Waals surface area contributed by atoms with Crippen LogP contribution in [0, 0.1) is 11.8 Å². The number of aromatic nitrogens is 4. The average Bonchev–Trinajstić information content (AvgIpc) is 3.20. The maximum atomic E-state index is 13.2. The van der Waals surface area contributed by atoms with E-state index in [4.69, 9.17) is 0 Å². The number of aryl methyl sites for hydroxylation is 2. The lowest BCUT2D eigenvalue weighted by Gasteiger charge is -2.09. The number of aromatic carboxylic acids is 1. The first kappa shape index (κ1) is 20.9. The topological polar surface area (TPSA) is 101 Å². The van der Waals surface area contributed by atoms with E-state index in [1.807, 2.05) is 0 Å². The van der Waals surface area contributed by atoms with E-state index in [9.17, 15) is 28.2 Å². The number of alkyl halides is 3. The third kappa shape index (κ3) is 5.14. The number of hydrogen-bond donors (Lipinski definition) is 2. The Labute approximate surface area is 168 Å². The van der Waals surface area contributed by atoms with Crippen LogP contribution in [0.15, 0.2) is 42.7 Å². The maximum absolute atomic E-state index is 13.2. The predicted octanol–water partition coefficient (Wildman–Crippen LogP) is 3.13. The first-order valence-electron chi connectivity index (χ1n) is 8.73. The Bertz CT molecular complexity index is 1120. The number of tetrazole rings is 1. The highest BCUT2D eigenvalue weighted by atomic mass is 19.4. The largest absolute Gasteiger partial charge is 0.508 e. The van der Waals surface area contributed by atoms with Gasteiger partial charge in [0.05, 0.1) is 11.1 Å². The molecule has 2 aromatic carbocycles. The minimum absolute atomic E-state index is 0.0542.